The highest BCUT2D eigenvalue weighted by Gasteiger charge is 2.14. The van der Waals surface area contributed by atoms with E-state index in [0.29, 0.717) is 42.2 Å². The summed E-state index contributed by atoms with van der Waals surface area (Å²) in [5.74, 6) is 0.148. The summed E-state index contributed by atoms with van der Waals surface area (Å²) >= 11 is 0. The van der Waals surface area contributed by atoms with Crippen LogP contribution in [0.1, 0.15) is 17.5 Å². The molecule has 0 fully saturated rings. The van der Waals surface area contributed by atoms with Crippen LogP contribution in [0.5, 0.6) is 17.2 Å². The fraction of sp³-hybridized carbons (Fsp3) is 0.350. The predicted molar refractivity (Wildman–Crippen MR) is 97.5 cm³/mol. The third kappa shape index (κ3) is 5.84. The van der Waals surface area contributed by atoms with Crippen LogP contribution < -0.4 is 19.5 Å². The highest BCUT2D eigenvalue weighted by Crippen LogP contribution is 2.38. The van der Waals surface area contributed by atoms with Crippen LogP contribution in [0.4, 0.5) is 8.78 Å². The lowest BCUT2D eigenvalue weighted by Crippen LogP contribution is -2.25. The summed E-state index contributed by atoms with van der Waals surface area (Å²) in [6.07, 6.45) is 1.10. The van der Waals surface area contributed by atoms with Crippen LogP contribution in [-0.4, -0.2) is 33.8 Å². The van der Waals surface area contributed by atoms with Gasteiger partial charge in [-0.3, -0.25) is 4.79 Å². The summed E-state index contributed by atoms with van der Waals surface area (Å²) in [5.41, 5.74) is 1.37. The number of methoxy groups -OCH3 is 3. The van der Waals surface area contributed by atoms with Crippen molar-refractivity contribution in [3.63, 3.8) is 0 Å². The molecule has 2 rings (SSSR count). The zero-order valence-corrected chi connectivity index (χ0v) is 15.6. The van der Waals surface area contributed by atoms with E-state index in [9.17, 15) is 13.6 Å². The molecular formula is C20H23F2NO4. The first-order chi connectivity index (χ1) is 13.0. The maximum Gasteiger partial charge on any atom is 0.220 e. The summed E-state index contributed by atoms with van der Waals surface area (Å²) < 4.78 is 42.1. The van der Waals surface area contributed by atoms with Gasteiger partial charge >= 0.3 is 0 Å². The number of amides is 1. The molecule has 0 aromatic heterocycles. The van der Waals surface area contributed by atoms with E-state index in [0.717, 1.165) is 11.6 Å². The van der Waals surface area contributed by atoms with E-state index in [1.165, 1.54) is 33.5 Å². The number of carbonyl (C=O) groups is 1. The average Bonchev–Trinajstić information content (AvgIpc) is 2.64. The van der Waals surface area contributed by atoms with Crippen molar-refractivity contribution in [1.82, 2.24) is 5.32 Å². The predicted octanol–water partition coefficient (Wildman–Crippen LogP) is 3.28. The number of carbonyl (C=O) groups excluding carboxylic acids is 1. The molecule has 7 heteroatoms. The van der Waals surface area contributed by atoms with Gasteiger partial charge in [-0.1, -0.05) is 0 Å². The topological polar surface area (TPSA) is 56.8 Å². The Hall–Kier alpha value is -2.83. The largest absolute Gasteiger partial charge is 0.493 e. The van der Waals surface area contributed by atoms with Gasteiger partial charge in [0.15, 0.2) is 11.5 Å². The van der Waals surface area contributed by atoms with E-state index in [1.54, 1.807) is 12.1 Å². The van der Waals surface area contributed by atoms with Crippen molar-refractivity contribution in [3.8, 4) is 17.2 Å². The van der Waals surface area contributed by atoms with E-state index in [1.807, 2.05) is 0 Å². The third-order valence-corrected chi connectivity index (χ3v) is 4.02. The molecule has 0 saturated carbocycles. The quantitative estimate of drug-likeness (QED) is 0.727. The van der Waals surface area contributed by atoms with Crippen LogP contribution in [0.15, 0.2) is 30.3 Å². The molecule has 0 heterocycles. The Morgan fingerprint density at radius 3 is 1.93 bits per heavy atom. The van der Waals surface area contributed by atoms with Crippen LogP contribution in [0, 0.1) is 11.6 Å². The van der Waals surface area contributed by atoms with Crippen molar-refractivity contribution in [2.24, 2.45) is 0 Å². The van der Waals surface area contributed by atoms with Gasteiger partial charge in [0.05, 0.1) is 21.3 Å². The summed E-state index contributed by atoms with van der Waals surface area (Å²) in [4.78, 5) is 12.0. The molecule has 146 valence electrons. The molecule has 0 unspecified atom stereocenters. The average molecular weight is 379 g/mol. The second kappa shape index (κ2) is 9.75. The molecule has 0 saturated heterocycles. The lowest BCUT2D eigenvalue weighted by Gasteiger charge is -2.14. The van der Waals surface area contributed by atoms with Gasteiger partial charge in [0.1, 0.15) is 11.6 Å². The Labute approximate surface area is 157 Å². The van der Waals surface area contributed by atoms with E-state index in [-0.39, 0.29) is 12.3 Å². The van der Waals surface area contributed by atoms with Crippen molar-refractivity contribution >= 4 is 5.91 Å². The van der Waals surface area contributed by atoms with Crippen LogP contribution in [-0.2, 0) is 17.6 Å². The van der Waals surface area contributed by atoms with Gasteiger partial charge in [-0.2, -0.15) is 0 Å². The number of nitrogens with one attached hydrogen (secondary N) is 1. The zero-order chi connectivity index (χ0) is 19.8. The van der Waals surface area contributed by atoms with E-state index >= 15 is 0 Å². The highest BCUT2D eigenvalue weighted by molar-refractivity contribution is 5.76. The van der Waals surface area contributed by atoms with Crippen LogP contribution >= 0.6 is 0 Å². The number of rotatable bonds is 9. The number of aryl methyl sites for hydroxylation is 1. The third-order valence-electron chi connectivity index (χ3n) is 4.02. The molecule has 2 aromatic rings. The minimum absolute atomic E-state index is 0.152. The normalized spacial score (nSPS) is 10.4. The van der Waals surface area contributed by atoms with E-state index in [4.69, 9.17) is 14.2 Å². The molecule has 2 aromatic carbocycles. The van der Waals surface area contributed by atoms with Crippen LogP contribution in [0.3, 0.4) is 0 Å². The van der Waals surface area contributed by atoms with Gasteiger partial charge in [0, 0.05) is 19.0 Å². The van der Waals surface area contributed by atoms with E-state index in [2.05, 4.69) is 5.32 Å². The van der Waals surface area contributed by atoms with Gasteiger partial charge in [-0.15, -0.1) is 0 Å². The Balaban J connectivity index is 1.88. The molecule has 0 radical (unpaired) electrons. The van der Waals surface area contributed by atoms with Crippen LogP contribution in [0.2, 0.25) is 0 Å². The van der Waals surface area contributed by atoms with Crippen molar-refractivity contribution in [3.05, 3.63) is 53.1 Å². The summed E-state index contributed by atoms with van der Waals surface area (Å²) in [6, 6.07) is 6.92. The van der Waals surface area contributed by atoms with Crippen molar-refractivity contribution in [1.29, 1.82) is 0 Å². The minimum Gasteiger partial charge on any atom is -0.493 e. The van der Waals surface area contributed by atoms with Gasteiger partial charge in [-0.05, 0) is 48.2 Å². The fourth-order valence-corrected chi connectivity index (χ4v) is 2.73. The molecular weight excluding hydrogens is 356 g/mol. The first-order valence-electron chi connectivity index (χ1n) is 8.47. The monoisotopic (exact) mass is 379 g/mol. The molecule has 0 bridgehead atoms. The van der Waals surface area contributed by atoms with Gasteiger partial charge in [-0.25, -0.2) is 8.78 Å². The molecule has 1 N–H and O–H groups in total. The van der Waals surface area contributed by atoms with Gasteiger partial charge in [0.2, 0.25) is 11.7 Å². The summed E-state index contributed by atoms with van der Waals surface area (Å²) in [5, 5.41) is 2.75. The van der Waals surface area contributed by atoms with Crippen molar-refractivity contribution in [2.45, 2.75) is 19.3 Å². The Morgan fingerprint density at radius 1 is 0.852 bits per heavy atom. The lowest BCUT2D eigenvalue weighted by molar-refractivity contribution is -0.121. The lowest BCUT2D eigenvalue weighted by atomic mass is 10.1. The standard InChI is InChI=1S/C20H23F2NO4/c1-25-17-10-13(11-18(26-2)20(17)27-3)4-5-19(24)23-7-6-14-8-15(21)12-16(22)9-14/h8-12H,4-7H2,1-3H3,(H,23,24). The molecule has 0 aliphatic rings. The van der Waals surface area contributed by atoms with Crippen molar-refractivity contribution in [2.75, 3.05) is 27.9 Å². The molecule has 5 nitrogen and oxygen atoms in total. The highest BCUT2D eigenvalue weighted by atomic mass is 19.1. The minimum atomic E-state index is -0.626. The Kier molecular flexibility index (Phi) is 7.40. The number of ether oxygens (including phenoxy) is 3. The number of hydrogen-bond acceptors (Lipinski definition) is 4. The fourth-order valence-electron chi connectivity index (χ4n) is 2.73. The first kappa shape index (κ1) is 20.5. The Morgan fingerprint density at radius 2 is 1.41 bits per heavy atom. The number of benzene rings is 2. The first-order valence-corrected chi connectivity index (χ1v) is 8.47. The molecule has 1 amide bonds. The smallest absolute Gasteiger partial charge is 0.220 e. The number of hydrogen-bond donors (Lipinski definition) is 1. The second-order valence-corrected chi connectivity index (χ2v) is 5.91. The van der Waals surface area contributed by atoms with Gasteiger partial charge < -0.3 is 19.5 Å². The maximum absolute atomic E-state index is 13.1. The second-order valence-electron chi connectivity index (χ2n) is 5.91. The molecule has 0 aliphatic heterocycles. The molecule has 0 atom stereocenters. The Bertz CT molecular complexity index is 750. The van der Waals surface area contributed by atoms with Gasteiger partial charge in [0.25, 0.3) is 0 Å². The maximum atomic E-state index is 13.1. The molecule has 0 spiro atoms. The summed E-state index contributed by atoms with van der Waals surface area (Å²) in [7, 11) is 4.59. The molecule has 0 aliphatic carbocycles. The summed E-state index contributed by atoms with van der Waals surface area (Å²) in [6.45, 7) is 0.303. The molecule has 27 heavy (non-hydrogen) atoms. The number of halogens is 2. The van der Waals surface area contributed by atoms with Crippen LogP contribution in [0.25, 0.3) is 0 Å². The zero-order valence-electron chi connectivity index (χ0n) is 15.6. The SMILES string of the molecule is COc1cc(CCC(=O)NCCc2cc(F)cc(F)c2)cc(OC)c1OC. The van der Waals surface area contributed by atoms with E-state index < -0.39 is 11.6 Å². The van der Waals surface area contributed by atoms with Crippen molar-refractivity contribution < 1.29 is 27.8 Å².